The van der Waals surface area contributed by atoms with Gasteiger partial charge in [-0.2, -0.15) is 13.2 Å². The van der Waals surface area contributed by atoms with Crippen LogP contribution in [0.3, 0.4) is 0 Å². The van der Waals surface area contributed by atoms with Gasteiger partial charge in [-0.05, 0) is 49.3 Å². The molecule has 0 fully saturated rings. The molecule has 0 bridgehead atoms. The third-order valence-corrected chi connectivity index (χ3v) is 7.05. The van der Waals surface area contributed by atoms with E-state index in [9.17, 15) is 13.2 Å². The van der Waals surface area contributed by atoms with E-state index in [-0.39, 0.29) is 5.50 Å². The molecular formula is C23H22F3N3S2. The van der Waals surface area contributed by atoms with E-state index >= 15 is 0 Å². The highest BCUT2D eigenvalue weighted by molar-refractivity contribution is 7.99. The van der Waals surface area contributed by atoms with Gasteiger partial charge in [0.2, 0.25) is 0 Å². The monoisotopic (exact) mass is 461 g/mol. The fourth-order valence-corrected chi connectivity index (χ4v) is 5.36. The van der Waals surface area contributed by atoms with Gasteiger partial charge >= 0.3 is 6.18 Å². The first-order chi connectivity index (χ1) is 14.8. The van der Waals surface area contributed by atoms with Crippen molar-refractivity contribution in [2.24, 2.45) is 4.99 Å². The lowest BCUT2D eigenvalue weighted by atomic mass is 10.0. The van der Waals surface area contributed by atoms with Crippen molar-refractivity contribution in [3.63, 3.8) is 0 Å². The van der Waals surface area contributed by atoms with Gasteiger partial charge in [0.15, 0.2) is 5.50 Å². The van der Waals surface area contributed by atoms with Gasteiger partial charge in [-0.15, -0.1) is 23.1 Å². The first kappa shape index (κ1) is 21.9. The Morgan fingerprint density at radius 2 is 1.84 bits per heavy atom. The second-order valence-corrected chi connectivity index (χ2v) is 9.51. The number of fused-ring (bicyclic) bond motifs is 1. The summed E-state index contributed by atoms with van der Waals surface area (Å²) in [5.41, 5.74) is 3.17. The van der Waals surface area contributed by atoms with Gasteiger partial charge in [-0.1, -0.05) is 30.3 Å². The number of alkyl halides is 3. The Morgan fingerprint density at radius 3 is 2.48 bits per heavy atom. The number of rotatable bonds is 6. The van der Waals surface area contributed by atoms with Crippen molar-refractivity contribution in [1.82, 2.24) is 4.98 Å². The standard InChI is InChI=1S/C23H22F3N3S2/c1-15-12-19-14-28-22(30-2)29(21(19)31-15)11-3-4-16-5-7-17(8-6-16)18-9-10-20(27-13-18)23(24,25)26/h5-10,12-14,22H,3-4,11H2,1-2H3. The van der Waals surface area contributed by atoms with Gasteiger partial charge in [0.25, 0.3) is 0 Å². The van der Waals surface area contributed by atoms with Crippen molar-refractivity contribution < 1.29 is 13.2 Å². The smallest absolute Gasteiger partial charge is 0.332 e. The van der Waals surface area contributed by atoms with Crippen LogP contribution >= 0.6 is 23.1 Å². The molecule has 1 aliphatic heterocycles. The van der Waals surface area contributed by atoms with Crippen LogP contribution in [0.1, 0.15) is 28.1 Å². The number of thioether (sulfide) groups is 1. The lowest BCUT2D eigenvalue weighted by molar-refractivity contribution is -0.141. The molecule has 2 aromatic heterocycles. The number of hydrogen-bond acceptors (Lipinski definition) is 5. The molecule has 3 heterocycles. The minimum atomic E-state index is -4.42. The number of thiophene rings is 1. The molecule has 0 spiro atoms. The van der Waals surface area contributed by atoms with Gasteiger partial charge in [0.1, 0.15) is 10.7 Å². The summed E-state index contributed by atoms with van der Waals surface area (Å²) < 4.78 is 38.1. The predicted octanol–water partition coefficient (Wildman–Crippen LogP) is 6.66. The highest BCUT2D eigenvalue weighted by atomic mass is 32.2. The van der Waals surface area contributed by atoms with Crippen LogP contribution in [0.4, 0.5) is 18.2 Å². The van der Waals surface area contributed by atoms with Crippen LogP contribution in [0.2, 0.25) is 0 Å². The maximum atomic E-state index is 12.7. The molecule has 1 atom stereocenters. The zero-order valence-corrected chi connectivity index (χ0v) is 18.8. The second kappa shape index (κ2) is 9.04. The Labute approximate surface area is 188 Å². The first-order valence-electron chi connectivity index (χ1n) is 9.91. The van der Waals surface area contributed by atoms with E-state index in [0.29, 0.717) is 5.56 Å². The van der Waals surface area contributed by atoms with E-state index < -0.39 is 11.9 Å². The van der Waals surface area contributed by atoms with E-state index in [0.717, 1.165) is 31.0 Å². The average molecular weight is 462 g/mol. The minimum Gasteiger partial charge on any atom is -0.332 e. The molecule has 0 N–H and O–H groups in total. The summed E-state index contributed by atoms with van der Waals surface area (Å²) in [6.45, 7) is 3.04. The number of benzene rings is 1. The van der Waals surface area contributed by atoms with Gasteiger partial charge < -0.3 is 4.90 Å². The summed E-state index contributed by atoms with van der Waals surface area (Å²) in [6, 6.07) is 12.6. The molecule has 0 saturated carbocycles. The predicted molar refractivity (Wildman–Crippen MR) is 124 cm³/mol. The van der Waals surface area contributed by atoms with E-state index in [1.54, 1.807) is 11.8 Å². The number of halogens is 3. The molecule has 1 aliphatic rings. The van der Waals surface area contributed by atoms with E-state index in [1.807, 2.05) is 41.8 Å². The number of pyridine rings is 1. The Kier molecular flexibility index (Phi) is 6.39. The number of aliphatic imine (C=N–C) groups is 1. The number of anilines is 1. The molecule has 3 aromatic rings. The van der Waals surface area contributed by atoms with Gasteiger partial charge in [-0.25, -0.2) is 0 Å². The van der Waals surface area contributed by atoms with Gasteiger partial charge in [0.05, 0.1) is 0 Å². The summed E-state index contributed by atoms with van der Waals surface area (Å²) in [7, 11) is 0. The number of nitrogens with zero attached hydrogens (tertiary/aromatic N) is 3. The Bertz CT molecular complexity index is 1060. The third kappa shape index (κ3) is 4.96. The van der Waals surface area contributed by atoms with Crippen LogP contribution in [0.15, 0.2) is 53.7 Å². The van der Waals surface area contributed by atoms with Crippen LogP contribution in [-0.4, -0.2) is 29.5 Å². The normalized spacial score (nSPS) is 15.9. The lowest BCUT2D eigenvalue weighted by Crippen LogP contribution is -2.34. The fourth-order valence-electron chi connectivity index (χ4n) is 3.61. The largest absolute Gasteiger partial charge is 0.433 e. The van der Waals surface area contributed by atoms with Crippen LogP contribution < -0.4 is 4.90 Å². The van der Waals surface area contributed by atoms with Crippen molar-refractivity contribution in [1.29, 1.82) is 0 Å². The summed E-state index contributed by atoms with van der Waals surface area (Å²) >= 11 is 3.54. The molecule has 31 heavy (non-hydrogen) atoms. The third-order valence-electron chi connectivity index (χ3n) is 5.15. The van der Waals surface area contributed by atoms with Crippen LogP contribution in [0.5, 0.6) is 0 Å². The molecule has 3 nitrogen and oxygen atoms in total. The van der Waals surface area contributed by atoms with E-state index in [4.69, 9.17) is 0 Å². The topological polar surface area (TPSA) is 28.5 Å². The molecule has 8 heteroatoms. The summed E-state index contributed by atoms with van der Waals surface area (Å²) in [5.74, 6) is 0. The minimum absolute atomic E-state index is 0.111. The Morgan fingerprint density at radius 1 is 1.10 bits per heavy atom. The molecule has 1 aromatic carbocycles. The quantitative estimate of drug-likeness (QED) is 0.411. The maximum Gasteiger partial charge on any atom is 0.433 e. The molecular weight excluding hydrogens is 439 g/mol. The fraction of sp³-hybridized carbons (Fsp3) is 0.304. The zero-order valence-electron chi connectivity index (χ0n) is 17.2. The van der Waals surface area contributed by atoms with Gasteiger partial charge in [0, 0.05) is 35.0 Å². The van der Waals surface area contributed by atoms with Crippen molar-refractivity contribution in [2.75, 3.05) is 17.7 Å². The SMILES string of the molecule is CSC1N=Cc2cc(C)sc2N1CCCc1ccc(-c2ccc(C(F)(F)F)nc2)cc1. The van der Waals surface area contributed by atoms with Crippen molar-refractivity contribution >= 4 is 34.3 Å². The first-order valence-corrected chi connectivity index (χ1v) is 12.0. The molecule has 0 saturated heterocycles. The van der Waals surface area contributed by atoms with Crippen molar-refractivity contribution in [3.05, 3.63) is 70.4 Å². The summed E-state index contributed by atoms with van der Waals surface area (Å²) in [4.78, 5) is 11.9. The van der Waals surface area contributed by atoms with E-state index in [2.05, 4.69) is 34.1 Å². The molecule has 0 amide bonds. The molecule has 0 radical (unpaired) electrons. The summed E-state index contributed by atoms with van der Waals surface area (Å²) in [6.07, 6.45) is 2.83. The summed E-state index contributed by atoms with van der Waals surface area (Å²) in [5, 5.41) is 1.29. The zero-order chi connectivity index (χ0) is 22.0. The van der Waals surface area contributed by atoms with Crippen LogP contribution in [0.25, 0.3) is 11.1 Å². The maximum absolute atomic E-state index is 12.7. The van der Waals surface area contributed by atoms with Crippen LogP contribution in [-0.2, 0) is 12.6 Å². The van der Waals surface area contributed by atoms with Crippen molar-refractivity contribution in [2.45, 2.75) is 31.4 Å². The number of hydrogen-bond donors (Lipinski definition) is 0. The van der Waals surface area contributed by atoms with E-state index in [1.165, 1.54) is 33.3 Å². The van der Waals surface area contributed by atoms with Gasteiger partial charge in [-0.3, -0.25) is 9.98 Å². The lowest BCUT2D eigenvalue weighted by Gasteiger charge is -2.31. The molecule has 0 aliphatic carbocycles. The molecule has 4 rings (SSSR count). The number of aromatic nitrogens is 1. The highest BCUT2D eigenvalue weighted by Crippen LogP contribution is 2.37. The number of aryl methyl sites for hydroxylation is 2. The molecule has 162 valence electrons. The Balaban J connectivity index is 1.38. The second-order valence-electron chi connectivity index (χ2n) is 7.38. The Hall–Kier alpha value is -2.32. The highest BCUT2D eigenvalue weighted by Gasteiger charge is 2.32. The average Bonchev–Trinajstić information content (AvgIpc) is 3.14. The van der Waals surface area contributed by atoms with Crippen LogP contribution in [0, 0.1) is 6.92 Å². The molecule has 1 unspecified atom stereocenters. The van der Waals surface area contributed by atoms with Crippen molar-refractivity contribution in [3.8, 4) is 11.1 Å².